The van der Waals surface area contributed by atoms with Crippen LogP contribution in [-0.2, 0) is 6.54 Å². The maximum absolute atomic E-state index is 13.4. The van der Waals surface area contributed by atoms with Crippen molar-refractivity contribution in [1.29, 1.82) is 5.26 Å². The second kappa shape index (κ2) is 10.7. The van der Waals surface area contributed by atoms with Crippen LogP contribution in [0, 0.1) is 23.2 Å². The Morgan fingerprint density at radius 2 is 1.89 bits per heavy atom. The molecular formula is C27H27F3N4O. The highest BCUT2D eigenvalue weighted by Gasteiger charge is 2.30. The van der Waals surface area contributed by atoms with Gasteiger partial charge in [-0.2, -0.15) is 18.4 Å². The summed E-state index contributed by atoms with van der Waals surface area (Å²) in [5.74, 6) is 6.34. The number of alkyl halides is 3. The zero-order chi connectivity index (χ0) is 24.8. The lowest BCUT2D eigenvalue weighted by Gasteiger charge is -2.24. The Labute approximate surface area is 202 Å². The Kier molecular flexibility index (Phi) is 7.41. The van der Waals surface area contributed by atoms with Gasteiger partial charge in [-0.15, -0.1) is 0 Å². The molecule has 5 nitrogen and oxygen atoms in total. The lowest BCUT2D eigenvalue weighted by atomic mass is 9.95. The minimum absolute atomic E-state index is 0.197. The molecule has 1 fully saturated rings. The molecule has 2 N–H and O–H groups in total. The van der Waals surface area contributed by atoms with Gasteiger partial charge in [0.15, 0.2) is 0 Å². The quantitative estimate of drug-likeness (QED) is 0.407. The number of ether oxygens (including phenoxy) is 1. The Balaban J connectivity index is 1.60. The van der Waals surface area contributed by atoms with E-state index in [2.05, 4.69) is 22.5 Å². The monoisotopic (exact) mass is 480 g/mol. The van der Waals surface area contributed by atoms with E-state index in [0.717, 1.165) is 36.8 Å². The third kappa shape index (κ3) is 6.02. The molecule has 0 aliphatic heterocycles. The number of hydrogen-bond acceptors (Lipinski definition) is 4. The number of rotatable bonds is 6. The minimum Gasteiger partial charge on any atom is -0.495 e. The molecule has 0 atom stereocenters. The van der Waals surface area contributed by atoms with Gasteiger partial charge >= 0.3 is 6.18 Å². The van der Waals surface area contributed by atoms with Gasteiger partial charge < -0.3 is 19.9 Å². The second-order valence-corrected chi connectivity index (χ2v) is 8.63. The summed E-state index contributed by atoms with van der Waals surface area (Å²) in [5.41, 5.74) is 2.78. The molecule has 1 saturated carbocycles. The molecule has 1 aliphatic carbocycles. The molecule has 0 radical (unpaired) electrons. The van der Waals surface area contributed by atoms with Gasteiger partial charge in [-0.05, 0) is 49.1 Å². The van der Waals surface area contributed by atoms with Crippen molar-refractivity contribution in [3.63, 3.8) is 0 Å². The van der Waals surface area contributed by atoms with Gasteiger partial charge in [0.2, 0.25) is 0 Å². The number of nitrogens with one attached hydrogen (secondary N) is 2. The number of nitrogens with zero attached hydrogens (tertiary/aromatic N) is 2. The van der Waals surface area contributed by atoms with Crippen molar-refractivity contribution in [2.45, 2.75) is 50.9 Å². The van der Waals surface area contributed by atoms with Crippen molar-refractivity contribution in [3.8, 4) is 23.7 Å². The van der Waals surface area contributed by atoms with Crippen molar-refractivity contribution in [2.75, 3.05) is 24.3 Å². The smallest absolute Gasteiger partial charge is 0.406 e. The molecule has 0 spiro atoms. The molecule has 3 aromatic rings. The average molecular weight is 481 g/mol. The van der Waals surface area contributed by atoms with Crippen LogP contribution in [0.1, 0.15) is 43.4 Å². The van der Waals surface area contributed by atoms with E-state index in [0.29, 0.717) is 34.3 Å². The number of nitriles is 1. The van der Waals surface area contributed by atoms with Crippen LogP contribution >= 0.6 is 0 Å². The van der Waals surface area contributed by atoms with Crippen molar-refractivity contribution in [1.82, 2.24) is 4.57 Å². The molecule has 182 valence electrons. The van der Waals surface area contributed by atoms with Gasteiger partial charge in [-0.1, -0.05) is 31.2 Å². The summed E-state index contributed by atoms with van der Waals surface area (Å²) < 4.78 is 46.8. The number of halogens is 3. The molecule has 35 heavy (non-hydrogen) atoms. The van der Waals surface area contributed by atoms with Crippen molar-refractivity contribution in [3.05, 3.63) is 53.7 Å². The minimum atomic E-state index is -4.37. The van der Waals surface area contributed by atoms with E-state index in [-0.39, 0.29) is 6.54 Å². The van der Waals surface area contributed by atoms with Gasteiger partial charge in [0.05, 0.1) is 42.2 Å². The molecule has 0 unspecified atom stereocenters. The lowest BCUT2D eigenvalue weighted by Crippen LogP contribution is -2.22. The summed E-state index contributed by atoms with van der Waals surface area (Å²) in [6, 6.07) is 14.5. The van der Waals surface area contributed by atoms with Crippen LogP contribution in [0.5, 0.6) is 5.75 Å². The van der Waals surface area contributed by atoms with Crippen LogP contribution in [0.4, 0.5) is 24.5 Å². The first-order chi connectivity index (χ1) is 16.9. The number of methoxy groups -OCH3 is 1. The van der Waals surface area contributed by atoms with Gasteiger partial charge in [-0.25, -0.2) is 0 Å². The Bertz CT molecular complexity index is 1290. The Morgan fingerprint density at radius 1 is 1.09 bits per heavy atom. The summed E-state index contributed by atoms with van der Waals surface area (Å²) >= 11 is 0. The fourth-order valence-electron chi connectivity index (χ4n) is 4.51. The second-order valence-electron chi connectivity index (χ2n) is 8.63. The lowest BCUT2D eigenvalue weighted by molar-refractivity contribution is -0.140. The van der Waals surface area contributed by atoms with Gasteiger partial charge in [0.25, 0.3) is 0 Å². The first-order valence-electron chi connectivity index (χ1n) is 11.6. The largest absolute Gasteiger partial charge is 0.495 e. The SMILES string of the molecule is COc1cc(C#N)ccc1NCC#Cc1cc2c(NC3CCCCC3)cccc2n1CC(F)(F)F. The third-order valence-electron chi connectivity index (χ3n) is 6.16. The maximum atomic E-state index is 13.4. The standard InChI is InChI=1S/C27H27F3N4O/c1-35-26-15-19(17-31)12-13-24(26)32-14-6-9-21-16-22-23(33-20-7-3-2-4-8-20)10-5-11-25(22)34(21)18-27(28,29)30/h5,10-13,15-16,20,32-33H,2-4,7-8,14,18H2,1H3. The third-order valence-corrected chi connectivity index (χ3v) is 6.16. The predicted octanol–water partition coefficient (Wildman–Crippen LogP) is 6.29. The van der Waals surface area contributed by atoms with Gasteiger partial charge in [-0.3, -0.25) is 0 Å². The molecule has 1 heterocycles. The number of aromatic nitrogens is 1. The number of anilines is 2. The highest BCUT2D eigenvalue weighted by atomic mass is 19.4. The van der Waals surface area contributed by atoms with Gasteiger partial charge in [0, 0.05) is 23.2 Å². The van der Waals surface area contributed by atoms with Crippen molar-refractivity contribution in [2.24, 2.45) is 0 Å². The maximum Gasteiger partial charge on any atom is 0.406 e. The fraction of sp³-hybridized carbons (Fsp3) is 0.370. The number of benzene rings is 2. The summed E-state index contributed by atoms with van der Waals surface area (Å²) in [4.78, 5) is 0. The van der Waals surface area contributed by atoms with Crippen LogP contribution in [0.25, 0.3) is 10.9 Å². The Hall–Kier alpha value is -3.78. The summed E-state index contributed by atoms with van der Waals surface area (Å²) in [6.45, 7) is -0.909. The molecule has 0 bridgehead atoms. The molecule has 0 amide bonds. The topological polar surface area (TPSA) is 62.0 Å². The van der Waals surface area contributed by atoms with Crippen LogP contribution in [-0.4, -0.2) is 30.4 Å². The van der Waals surface area contributed by atoms with E-state index in [1.54, 1.807) is 36.4 Å². The van der Waals surface area contributed by atoms with Crippen molar-refractivity contribution < 1.29 is 17.9 Å². The zero-order valence-electron chi connectivity index (χ0n) is 19.5. The van der Waals surface area contributed by atoms with Crippen LogP contribution in [0.15, 0.2) is 42.5 Å². The van der Waals surface area contributed by atoms with E-state index >= 15 is 0 Å². The molecule has 8 heteroatoms. The molecule has 1 aromatic heterocycles. The first-order valence-corrected chi connectivity index (χ1v) is 11.6. The van der Waals surface area contributed by atoms with Crippen LogP contribution in [0.3, 0.4) is 0 Å². The number of fused-ring (bicyclic) bond motifs is 1. The van der Waals surface area contributed by atoms with E-state index in [4.69, 9.17) is 10.00 Å². The van der Waals surface area contributed by atoms with Crippen molar-refractivity contribution >= 4 is 22.3 Å². The molecule has 0 saturated heterocycles. The van der Waals surface area contributed by atoms with Crippen LogP contribution in [0.2, 0.25) is 0 Å². The van der Waals surface area contributed by atoms with E-state index < -0.39 is 12.7 Å². The predicted molar refractivity (Wildman–Crippen MR) is 132 cm³/mol. The molecule has 2 aromatic carbocycles. The fourth-order valence-corrected chi connectivity index (χ4v) is 4.51. The van der Waals surface area contributed by atoms with E-state index in [1.807, 2.05) is 12.1 Å². The molecule has 1 aliphatic rings. The van der Waals surface area contributed by atoms with Gasteiger partial charge in [0.1, 0.15) is 12.3 Å². The summed E-state index contributed by atoms with van der Waals surface area (Å²) in [7, 11) is 1.50. The highest BCUT2D eigenvalue weighted by Crippen LogP contribution is 2.32. The summed E-state index contributed by atoms with van der Waals surface area (Å²) in [5, 5.41) is 16.4. The Morgan fingerprint density at radius 3 is 2.60 bits per heavy atom. The average Bonchev–Trinajstić information content (AvgIpc) is 3.19. The summed E-state index contributed by atoms with van der Waals surface area (Å²) in [6.07, 6.45) is 1.32. The molecular weight excluding hydrogens is 453 g/mol. The first kappa shape index (κ1) is 24.3. The zero-order valence-corrected chi connectivity index (χ0v) is 19.5. The molecule has 4 rings (SSSR count). The van der Waals surface area contributed by atoms with Crippen LogP contribution < -0.4 is 15.4 Å². The van der Waals surface area contributed by atoms with E-state index in [1.165, 1.54) is 18.1 Å². The highest BCUT2D eigenvalue weighted by molar-refractivity contribution is 5.94. The normalized spacial score (nSPS) is 14.1. The number of hydrogen-bond donors (Lipinski definition) is 2. The van der Waals surface area contributed by atoms with E-state index in [9.17, 15) is 13.2 Å².